The fourth-order valence-corrected chi connectivity index (χ4v) is 5.67. The Morgan fingerprint density at radius 2 is 1.98 bits per heavy atom. The Morgan fingerprint density at radius 1 is 1.20 bits per heavy atom. The van der Waals surface area contributed by atoms with E-state index >= 15 is 0 Å². The van der Waals surface area contributed by atoms with Crippen LogP contribution in [0.4, 0.5) is 31.9 Å². The molecule has 3 amide bonds. The van der Waals surface area contributed by atoms with Crippen molar-refractivity contribution in [2.45, 2.75) is 56.9 Å². The Balaban J connectivity index is 1.31. The lowest BCUT2D eigenvalue weighted by Gasteiger charge is -2.31. The van der Waals surface area contributed by atoms with E-state index in [1.807, 2.05) is 4.90 Å². The molecule has 11 nitrogen and oxygen atoms in total. The van der Waals surface area contributed by atoms with E-state index in [9.17, 15) is 23.2 Å². The van der Waals surface area contributed by atoms with Crippen LogP contribution < -0.4 is 25.2 Å². The summed E-state index contributed by atoms with van der Waals surface area (Å²) in [5.74, 6) is -4.18. The Labute approximate surface area is 237 Å². The predicted molar refractivity (Wildman–Crippen MR) is 149 cm³/mol. The van der Waals surface area contributed by atoms with Gasteiger partial charge in [0.2, 0.25) is 11.9 Å². The number of hydrogen-bond donors (Lipinski definition) is 2. The summed E-state index contributed by atoms with van der Waals surface area (Å²) < 4.78 is 35.2. The molecule has 2 aromatic rings. The molecule has 0 spiro atoms. The zero-order valence-corrected chi connectivity index (χ0v) is 23.3. The van der Waals surface area contributed by atoms with Gasteiger partial charge in [-0.05, 0) is 43.9 Å². The molecule has 0 atom stereocenters. The number of aromatic nitrogens is 2. The monoisotopic (exact) mass is 571 g/mol. The van der Waals surface area contributed by atoms with Crippen LogP contribution in [0.5, 0.6) is 5.75 Å². The van der Waals surface area contributed by atoms with Crippen molar-refractivity contribution in [3.63, 3.8) is 0 Å². The molecule has 1 saturated carbocycles. The summed E-state index contributed by atoms with van der Waals surface area (Å²) in [5, 5.41) is 5.94. The maximum Gasteiger partial charge on any atom is 0.342 e. The molecule has 1 aromatic heterocycles. The standard InChI is InChI=1S/C28H35F2N7O4/c1-35-21-16-32-27(34-24(21)37(19-7-3-4-8-19)17-28(29,30)26(35)40)33-20-11-10-18(15-22(20)41-2)25(39)31-12-6-14-36-13-5-9-23(36)38/h10-11,15-16,19H,3-9,12-14,17H2,1-2H3,(H,31,39)(H,32,33,34). The first-order valence-corrected chi connectivity index (χ1v) is 14.0. The SMILES string of the molecule is COc1cc(C(=O)NCCCN2CCCC2=O)ccc1Nc1ncc2c(n1)N(C1CCCC1)CC(F)(F)C(=O)N2C. The number of halogens is 2. The highest BCUT2D eigenvalue weighted by molar-refractivity contribution is 6.02. The first-order valence-electron chi connectivity index (χ1n) is 14.0. The normalized spacial score (nSPS) is 18.9. The number of carbonyl (C=O) groups excluding carboxylic acids is 3. The second kappa shape index (κ2) is 11.8. The second-order valence-electron chi connectivity index (χ2n) is 10.7. The highest BCUT2D eigenvalue weighted by Crippen LogP contribution is 2.40. The van der Waals surface area contributed by atoms with Crippen LogP contribution in [0, 0.1) is 0 Å². The van der Waals surface area contributed by atoms with Crippen molar-refractivity contribution in [2.75, 3.05) is 55.5 Å². The van der Waals surface area contributed by atoms with E-state index in [1.165, 1.54) is 20.4 Å². The third kappa shape index (κ3) is 6.03. The van der Waals surface area contributed by atoms with Crippen molar-refractivity contribution in [3.05, 3.63) is 30.0 Å². The van der Waals surface area contributed by atoms with Gasteiger partial charge in [-0.3, -0.25) is 14.4 Å². The first-order chi connectivity index (χ1) is 19.7. The van der Waals surface area contributed by atoms with Crippen LogP contribution in [0.3, 0.4) is 0 Å². The molecule has 0 radical (unpaired) electrons. The van der Waals surface area contributed by atoms with Gasteiger partial charge in [0.15, 0.2) is 5.82 Å². The van der Waals surface area contributed by atoms with Crippen LogP contribution in [0.1, 0.15) is 55.3 Å². The maximum absolute atomic E-state index is 14.8. The number of anilines is 4. The van der Waals surface area contributed by atoms with Crippen molar-refractivity contribution < 1.29 is 27.9 Å². The number of hydrogen-bond acceptors (Lipinski definition) is 8. The Morgan fingerprint density at radius 3 is 2.68 bits per heavy atom. The lowest BCUT2D eigenvalue weighted by molar-refractivity contribution is -0.140. The quantitative estimate of drug-likeness (QED) is 0.440. The van der Waals surface area contributed by atoms with E-state index in [0.717, 1.165) is 43.5 Å². The molecule has 41 heavy (non-hydrogen) atoms. The predicted octanol–water partition coefficient (Wildman–Crippen LogP) is 3.33. The molecule has 5 rings (SSSR count). The number of amides is 3. The number of fused-ring (bicyclic) bond motifs is 1. The van der Waals surface area contributed by atoms with E-state index in [1.54, 1.807) is 23.1 Å². The molecule has 3 heterocycles. The van der Waals surface area contributed by atoms with Crippen molar-refractivity contribution in [1.29, 1.82) is 0 Å². The van der Waals surface area contributed by atoms with Crippen molar-refractivity contribution in [3.8, 4) is 5.75 Å². The van der Waals surface area contributed by atoms with Crippen LogP contribution >= 0.6 is 0 Å². The van der Waals surface area contributed by atoms with Crippen LogP contribution in [-0.4, -0.2) is 84.9 Å². The summed E-state index contributed by atoms with van der Waals surface area (Å²) in [4.78, 5) is 50.1. The Kier molecular flexibility index (Phi) is 8.22. The number of methoxy groups -OCH3 is 1. The zero-order valence-electron chi connectivity index (χ0n) is 23.3. The van der Waals surface area contributed by atoms with Gasteiger partial charge in [0, 0.05) is 44.7 Å². The van der Waals surface area contributed by atoms with Crippen LogP contribution in [-0.2, 0) is 9.59 Å². The molecule has 0 unspecified atom stereocenters. The molecule has 1 saturated heterocycles. The number of benzene rings is 1. The number of likely N-dealkylation sites (tertiary alicyclic amines) is 1. The van der Waals surface area contributed by atoms with Crippen LogP contribution in [0.15, 0.2) is 24.4 Å². The van der Waals surface area contributed by atoms with E-state index in [4.69, 9.17) is 4.74 Å². The van der Waals surface area contributed by atoms with Crippen molar-refractivity contribution in [2.24, 2.45) is 0 Å². The fraction of sp³-hybridized carbons (Fsp3) is 0.536. The minimum absolute atomic E-state index is 0.143. The molecule has 2 N–H and O–H groups in total. The summed E-state index contributed by atoms with van der Waals surface area (Å²) in [6, 6.07) is 4.73. The third-order valence-electron chi connectivity index (χ3n) is 7.91. The van der Waals surface area contributed by atoms with Gasteiger partial charge in [0.05, 0.1) is 25.5 Å². The molecule has 0 bridgehead atoms. The maximum atomic E-state index is 14.8. The van der Waals surface area contributed by atoms with Gasteiger partial charge >= 0.3 is 5.92 Å². The molecule has 3 aliphatic rings. The minimum Gasteiger partial charge on any atom is -0.495 e. The largest absolute Gasteiger partial charge is 0.495 e. The number of carbonyl (C=O) groups is 3. The topological polar surface area (TPSA) is 120 Å². The van der Waals surface area contributed by atoms with E-state index in [2.05, 4.69) is 20.6 Å². The molecular weight excluding hydrogens is 536 g/mol. The Hall–Kier alpha value is -4.03. The van der Waals surface area contributed by atoms with Crippen molar-refractivity contribution in [1.82, 2.24) is 20.2 Å². The summed E-state index contributed by atoms with van der Waals surface area (Å²) in [6.45, 7) is 1.07. The van der Waals surface area contributed by atoms with Gasteiger partial charge in [-0.1, -0.05) is 12.8 Å². The third-order valence-corrected chi connectivity index (χ3v) is 7.91. The van der Waals surface area contributed by atoms with Gasteiger partial charge in [0.25, 0.3) is 11.8 Å². The lowest BCUT2D eigenvalue weighted by atomic mass is 10.1. The van der Waals surface area contributed by atoms with Crippen LogP contribution in [0.25, 0.3) is 0 Å². The molecular formula is C28H35F2N7O4. The highest BCUT2D eigenvalue weighted by atomic mass is 19.3. The summed E-state index contributed by atoms with van der Waals surface area (Å²) in [7, 11) is 2.78. The van der Waals surface area contributed by atoms with Gasteiger partial charge in [0.1, 0.15) is 11.4 Å². The molecule has 2 aliphatic heterocycles. The van der Waals surface area contributed by atoms with E-state index in [0.29, 0.717) is 42.9 Å². The average molecular weight is 572 g/mol. The highest BCUT2D eigenvalue weighted by Gasteiger charge is 2.48. The average Bonchev–Trinajstić information content (AvgIpc) is 3.64. The van der Waals surface area contributed by atoms with Gasteiger partial charge in [-0.25, -0.2) is 4.98 Å². The zero-order chi connectivity index (χ0) is 29.1. The van der Waals surface area contributed by atoms with E-state index in [-0.39, 0.29) is 35.3 Å². The summed E-state index contributed by atoms with van der Waals surface area (Å²) in [6.07, 6.45) is 6.85. The fourth-order valence-electron chi connectivity index (χ4n) is 5.67. The summed E-state index contributed by atoms with van der Waals surface area (Å²) >= 11 is 0. The minimum atomic E-state index is -3.56. The number of rotatable bonds is 9. The lowest BCUT2D eigenvalue weighted by Crippen LogP contribution is -2.48. The second-order valence-corrected chi connectivity index (χ2v) is 10.7. The first kappa shape index (κ1) is 28.5. The number of nitrogens with one attached hydrogen (secondary N) is 2. The molecule has 1 aliphatic carbocycles. The number of alkyl halides is 2. The molecule has 2 fully saturated rings. The van der Waals surface area contributed by atoms with Crippen LogP contribution in [0.2, 0.25) is 0 Å². The Bertz CT molecular complexity index is 1320. The van der Waals surface area contributed by atoms with Crippen molar-refractivity contribution >= 4 is 40.9 Å². The summed E-state index contributed by atoms with van der Waals surface area (Å²) in [5.41, 5.74) is 1.09. The van der Waals surface area contributed by atoms with Gasteiger partial charge < -0.3 is 30.1 Å². The number of ether oxygens (including phenoxy) is 1. The van der Waals surface area contributed by atoms with E-state index < -0.39 is 18.4 Å². The molecule has 1 aromatic carbocycles. The molecule has 13 heteroatoms. The molecule has 220 valence electrons. The van der Waals surface area contributed by atoms with Gasteiger partial charge in [-0.15, -0.1) is 0 Å². The smallest absolute Gasteiger partial charge is 0.342 e. The number of nitrogens with zero attached hydrogens (tertiary/aromatic N) is 5. The van der Waals surface area contributed by atoms with Gasteiger partial charge in [-0.2, -0.15) is 13.8 Å².